The summed E-state index contributed by atoms with van der Waals surface area (Å²) >= 11 is 0. The van der Waals surface area contributed by atoms with Gasteiger partial charge in [-0.2, -0.15) is 0 Å². The third kappa shape index (κ3) is 4.71. The predicted octanol–water partition coefficient (Wildman–Crippen LogP) is 6.10. The van der Waals surface area contributed by atoms with E-state index in [-0.39, 0.29) is 39.0 Å². The largest absolute Gasteiger partial charge is 0.505 e. The second-order valence-electron chi connectivity index (χ2n) is 10.5. The zero-order valence-corrected chi connectivity index (χ0v) is 22.3. The van der Waals surface area contributed by atoms with Gasteiger partial charge < -0.3 is 15.2 Å². The molecule has 10 heteroatoms. The molecular weight excluding hydrogens is 510 g/mol. The first-order valence-corrected chi connectivity index (χ1v) is 12.5. The maximum atomic E-state index is 13.1. The van der Waals surface area contributed by atoms with Crippen molar-refractivity contribution >= 4 is 28.2 Å². The first-order chi connectivity index (χ1) is 19.0. The van der Waals surface area contributed by atoms with Crippen LogP contribution in [0.1, 0.15) is 42.4 Å². The van der Waals surface area contributed by atoms with Crippen LogP contribution in [-0.2, 0) is 5.41 Å². The van der Waals surface area contributed by atoms with E-state index in [1.165, 1.54) is 10.7 Å². The van der Waals surface area contributed by atoms with Gasteiger partial charge in [-0.1, -0.05) is 51.1 Å². The smallest absolute Gasteiger partial charge is 0.341 e. The average molecular weight is 538 g/mol. The molecule has 0 fully saturated rings. The lowest BCUT2D eigenvalue weighted by molar-refractivity contribution is 0.0695. The third-order valence-corrected chi connectivity index (χ3v) is 6.73. The van der Waals surface area contributed by atoms with Crippen molar-refractivity contribution in [2.45, 2.75) is 33.1 Å². The molecule has 0 amide bonds. The summed E-state index contributed by atoms with van der Waals surface area (Å²) in [4.78, 5) is 39.7. The second kappa shape index (κ2) is 9.81. The number of nitrogens with one attached hydrogen (secondary N) is 2. The van der Waals surface area contributed by atoms with Crippen LogP contribution < -0.4 is 11.0 Å². The molecule has 0 unspecified atom stereocenters. The number of hydrogen-bond donors (Lipinski definition) is 4. The van der Waals surface area contributed by atoms with Crippen LogP contribution >= 0.6 is 0 Å². The SMILES string of the molecule is Cc1[nH]n(-c2ccc(C(C)(C)C)cc2)c(=O)c1N=Nc1cccc(-c2ccc3c(=O)c(C(=O)O)c[nH]c3c2)c1O. The van der Waals surface area contributed by atoms with Crippen LogP contribution in [0.2, 0.25) is 0 Å². The number of azo groups is 1. The maximum Gasteiger partial charge on any atom is 0.341 e. The minimum Gasteiger partial charge on any atom is -0.505 e. The molecule has 40 heavy (non-hydrogen) atoms. The Morgan fingerprint density at radius 2 is 1.70 bits per heavy atom. The number of H-pyrrole nitrogens is 2. The van der Waals surface area contributed by atoms with E-state index in [1.807, 2.05) is 24.3 Å². The van der Waals surface area contributed by atoms with Crippen molar-refractivity contribution in [1.29, 1.82) is 0 Å². The number of rotatable bonds is 5. The summed E-state index contributed by atoms with van der Waals surface area (Å²) in [6.45, 7) is 8.08. The summed E-state index contributed by atoms with van der Waals surface area (Å²) in [6.07, 6.45) is 1.15. The van der Waals surface area contributed by atoms with Crippen molar-refractivity contribution in [1.82, 2.24) is 14.8 Å². The number of phenolic OH excluding ortho intramolecular Hbond substituents is 1. The molecule has 0 aliphatic rings. The highest BCUT2D eigenvalue weighted by atomic mass is 16.4. The zero-order chi connectivity index (χ0) is 28.8. The normalized spacial score (nSPS) is 11.9. The van der Waals surface area contributed by atoms with Crippen LogP contribution in [0.5, 0.6) is 5.75 Å². The Morgan fingerprint density at radius 1 is 0.975 bits per heavy atom. The monoisotopic (exact) mass is 537 g/mol. The van der Waals surface area contributed by atoms with Crippen molar-refractivity contribution in [2.24, 2.45) is 10.2 Å². The van der Waals surface area contributed by atoms with E-state index < -0.39 is 11.4 Å². The number of carbonyl (C=O) groups is 1. The van der Waals surface area contributed by atoms with Gasteiger partial charge in [0.15, 0.2) is 11.4 Å². The summed E-state index contributed by atoms with van der Waals surface area (Å²) in [6, 6.07) is 17.4. The van der Waals surface area contributed by atoms with E-state index in [9.17, 15) is 24.6 Å². The fourth-order valence-electron chi connectivity index (χ4n) is 4.45. The lowest BCUT2D eigenvalue weighted by atomic mass is 9.87. The van der Waals surface area contributed by atoms with Crippen molar-refractivity contribution in [2.75, 3.05) is 0 Å². The van der Waals surface area contributed by atoms with E-state index in [2.05, 4.69) is 41.1 Å². The number of nitrogens with zero attached hydrogens (tertiary/aromatic N) is 3. The van der Waals surface area contributed by atoms with E-state index in [4.69, 9.17) is 0 Å². The number of para-hydroxylation sites is 1. The molecule has 0 bridgehead atoms. The molecule has 5 aromatic rings. The molecule has 0 aliphatic heterocycles. The van der Waals surface area contributed by atoms with Crippen LogP contribution in [0, 0.1) is 6.92 Å². The molecule has 3 aromatic carbocycles. The maximum absolute atomic E-state index is 13.1. The number of aryl methyl sites for hydroxylation is 1. The molecule has 0 saturated carbocycles. The number of pyridine rings is 1. The lowest BCUT2D eigenvalue weighted by Crippen LogP contribution is -2.15. The number of aromatic carboxylic acids is 1. The number of carboxylic acids is 1. The topological polar surface area (TPSA) is 153 Å². The van der Waals surface area contributed by atoms with E-state index >= 15 is 0 Å². The molecule has 0 saturated heterocycles. The molecule has 0 atom stereocenters. The van der Waals surface area contributed by atoms with Gasteiger partial charge in [0.2, 0.25) is 5.43 Å². The molecule has 0 aliphatic carbocycles. The molecule has 4 N–H and O–H groups in total. The Hall–Kier alpha value is -5.25. The molecule has 0 spiro atoms. The van der Waals surface area contributed by atoms with Gasteiger partial charge in [0, 0.05) is 22.7 Å². The Kier molecular flexibility index (Phi) is 6.46. The Bertz CT molecular complexity index is 1920. The van der Waals surface area contributed by atoms with Gasteiger partial charge in [-0.25, -0.2) is 9.48 Å². The van der Waals surface area contributed by atoms with Crippen LogP contribution in [0.15, 0.2) is 86.7 Å². The fourth-order valence-corrected chi connectivity index (χ4v) is 4.45. The van der Waals surface area contributed by atoms with Crippen LogP contribution in [0.25, 0.3) is 27.7 Å². The standard InChI is InChI=1S/C30H27N5O5/c1-16-25(28(38)35(34-16)19-11-9-18(10-12-19)30(2,3)4)33-32-23-7-5-6-20(27(23)37)17-8-13-21-24(14-17)31-15-22(26(21)36)29(39)40/h5-15,34,37H,1-4H3,(H,31,36)(H,39,40). The summed E-state index contributed by atoms with van der Waals surface area (Å²) in [5.74, 6) is -1.48. The fraction of sp³-hybridized carbons (Fsp3) is 0.167. The van der Waals surface area contributed by atoms with Crippen molar-refractivity contribution in [3.8, 4) is 22.6 Å². The Morgan fingerprint density at radius 3 is 2.38 bits per heavy atom. The molecule has 0 radical (unpaired) electrons. The Balaban J connectivity index is 1.48. The van der Waals surface area contributed by atoms with Gasteiger partial charge in [0.05, 0.1) is 11.4 Å². The van der Waals surface area contributed by atoms with Gasteiger partial charge in [0.1, 0.15) is 11.3 Å². The summed E-state index contributed by atoms with van der Waals surface area (Å²) in [5.41, 5.74) is 2.64. The van der Waals surface area contributed by atoms with E-state index in [1.54, 1.807) is 37.3 Å². The van der Waals surface area contributed by atoms with Crippen molar-refractivity contribution in [3.05, 3.63) is 104 Å². The van der Waals surface area contributed by atoms with Crippen molar-refractivity contribution in [3.63, 3.8) is 0 Å². The third-order valence-electron chi connectivity index (χ3n) is 6.73. The number of phenols is 1. The van der Waals surface area contributed by atoms with E-state index in [0.29, 0.717) is 28.0 Å². The first kappa shape index (κ1) is 26.4. The summed E-state index contributed by atoms with van der Waals surface area (Å²) in [7, 11) is 0. The van der Waals surface area contributed by atoms with Gasteiger partial charge in [-0.05, 0) is 53.8 Å². The molecule has 2 aromatic heterocycles. The highest BCUT2D eigenvalue weighted by Crippen LogP contribution is 2.38. The number of aromatic amines is 2. The van der Waals surface area contributed by atoms with Crippen LogP contribution in [-0.4, -0.2) is 30.9 Å². The molecule has 202 valence electrons. The first-order valence-electron chi connectivity index (χ1n) is 12.5. The van der Waals surface area contributed by atoms with Gasteiger partial charge >= 0.3 is 5.97 Å². The molecule has 10 nitrogen and oxygen atoms in total. The molecular formula is C30H27N5O5. The number of aromatic hydroxyl groups is 1. The Labute approximate surface area is 228 Å². The number of fused-ring (bicyclic) bond motifs is 1. The highest BCUT2D eigenvalue weighted by molar-refractivity contribution is 5.93. The minimum absolute atomic E-state index is 0.0149. The minimum atomic E-state index is -1.31. The summed E-state index contributed by atoms with van der Waals surface area (Å²) in [5, 5.41) is 31.7. The number of hydrogen-bond acceptors (Lipinski definition) is 6. The predicted molar refractivity (Wildman–Crippen MR) is 153 cm³/mol. The van der Waals surface area contributed by atoms with Gasteiger partial charge in [0.25, 0.3) is 5.56 Å². The summed E-state index contributed by atoms with van der Waals surface area (Å²) < 4.78 is 1.40. The van der Waals surface area contributed by atoms with E-state index in [0.717, 1.165) is 11.8 Å². The second-order valence-corrected chi connectivity index (χ2v) is 10.5. The van der Waals surface area contributed by atoms with Gasteiger partial charge in [-0.15, -0.1) is 10.2 Å². The average Bonchev–Trinajstić information content (AvgIpc) is 3.20. The molecule has 2 heterocycles. The van der Waals surface area contributed by atoms with Crippen molar-refractivity contribution < 1.29 is 15.0 Å². The highest BCUT2D eigenvalue weighted by Gasteiger charge is 2.17. The lowest BCUT2D eigenvalue weighted by Gasteiger charge is -2.19. The van der Waals surface area contributed by atoms with Crippen LogP contribution in [0.4, 0.5) is 11.4 Å². The number of benzene rings is 3. The molecule has 5 rings (SSSR count). The zero-order valence-electron chi connectivity index (χ0n) is 22.3. The number of carboxylic acid groups (broad SMARTS) is 1. The number of aromatic nitrogens is 3. The van der Waals surface area contributed by atoms with Gasteiger partial charge in [-0.3, -0.25) is 14.7 Å². The van der Waals surface area contributed by atoms with Crippen LogP contribution in [0.3, 0.4) is 0 Å². The quantitative estimate of drug-likeness (QED) is 0.200.